The van der Waals surface area contributed by atoms with Gasteiger partial charge in [0.1, 0.15) is 0 Å². The molecule has 0 aliphatic heterocycles. The Morgan fingerprint density at radius 3 is 2.71 bits per heavy atom. The van der Waals surface area contributed by atoms with Gasteiger partial charge in [0.15, 0.2) is 0 Å². The number of ether oxygens (including phenoxy) is 1. The standard InChI is InChI=1S/C10H13NO2S/c1-11(2)14-9-6-4-5-8(7-9)10(12)13-3/h4-7H,1-3H3. The molecule has 1 aromatic carbocycles. The third-order valence-corrected chi connectivity index (χ3v) is 2.37. The third kappa shape index (κ3) is 3.05. The number of methoxy groups -OCH3 is 1. The third-order valence-electron chi connectivity index (χ3n) is 1.54. The summed E-state index contributed by atoms with van der Waals surface area (Å²) in [7, 11) is 5.29. The van der Waals surface area contributed by atoms with Crippen LogP contribution in [0.25, 0.3) is 0 Å². The molecule has 0 N–H and O–H groups in total. The molecule has 0 aromatic heterocycles. The molecule has 0 saturated carbocycles. The van der Waals surface area contributed by atoms with E-state index in [4.69, 9.17) is 0 Å². The molecular formula is C10H13NO2S. The smallest absolute Gasteiger partial charge is 0.337 e. The van der Waals surface area contributed by atoms with Gasteiger partial charge in [0.25, 0.3) is 0 Å². The van der Waals surface area contributed by atoms with Crippen LogP contribution < -0.4 is 0 Å². The van der Waals surface area contributed by atoms with E-state index in [1.165, 1.54) is 7.11 Å². The summed E-state index contributed by atoms with van der Waals surface area (Å²) in [5.74, 6) is -0.300. The normalized spacial score (nSPS) is 10.3. The fraction of sp³-hybridized carbons (Fsp3) is 0.300. The molecule has 0 amide bonds. The predicted octanol–water partition coefficient (Wildman–Crippen LogP) is 2.04. The minimum Gasteiger partial charge on any atom is -0.465 e. The van der Waals surface area contributed by atoms with Gasteiger partial charge in [0.2, 0.25) is 0 Å². The first-order valence-electron chi connectivity index (χ1n) is 4.17. The van der Waals surface area contributed by atoms with Crippen molar-refractivity contribution in [3.8, 4) is 0 Å². The number of nitrogens with zero attached hydrogens (tertiary/aromatic N) is 1. The molecule has 0 spiro atoms. The maximum absolute atomic E-state index is 11.2. The largest absolute Gasteiger partial charge is 0.465 e. The summed E-state index contributed by atoms with van der Waals surface area (Å²) in [5, 5.41) is 0. The van der Waals surface area contributed by atoms with Gasteiger partial charge in [-0.25, -0.2) is 4.79 Å². The van der Waals surface area contributed by atoms with E-state index in [-0.39, 0.29) is 5.97 Å². The van der Waals surface area contributed by atoms with E-state index in [0.29, 0.717) is 5.56 Å². The molecule has 1 rings (SSSR count). The fourth-order valence-corrected chi connectivity index (χ4v) is 1.75. The SMILES string of the molecule is COC(=O)c1cccc(SN(C)C)c1. The van der Waals surface area contributed by atoms with Gasteiger partial charge >= 0.3 is 5.97 Å². The second kappa shape index (κ2) is 5.02. The molecule has 0 bridgehead atoms. The van der Waals surface area contributed by atoms with Gasteiger partial charge in [-0.3, -0.25) is 4.31 Å². The molecule has 0 heterocycles. The quantitative estimate of drug-likeness (QED) is 0.565. The van der Waals surface area contributed by atoms with Crippen LogP contribution in [-0.4, -0.2) is 31.5 Å². The molecule has 4 heteroatoms. The molecule has 1 aromatic rings. The van der Waals surface area contributed by atoms with Gasteiger partial charge < -0.3 is 4.74 Å². The summed E-state index contributed by atoms with van der Waals surface area (Å²) >= 11 is 1.57. The summed E-state index contributed by atoms with van der Waals surface area (Å²) in [4.78, 5) is 12.2. The van der Waals surface area contributed by atoms with Gasteiger partial charge in [0, 0.05) is 4.90 Å². The van der Waals surface area contributed by atoms with Crippen molar-refractivity contribution in [2.24, 2.45) is 0 Å². The maximum Gasteiger partial charge on any atom is 0.337 e. The van der Waals surface area contributed by atoms with Gasteiger partial charge in [-0.05, 0) is 44.2 Å². The summed E-state index contributed by atoms with van der Waals surface area (Å²) in [6, 6.07) is 7.36. The zero-order valence-corrected chi connectivity index (χ0v) is 9.30. The van der Waals surface area contributed by atoms with Crippen LogP contribution in [0.2, 0.25) is 0 Å². The molecule has 0 atom stereocenters. The number of hydrogen-bond acceptors (Lipinski definition) is 4. The molecule has 0 fully saturated rings. The number of carbonyl (C=O) groups excluding carboxylic acids is 1. The lowest BCUT2D eigenvalue weighted by molar-refractivity contribution is 0.0600. The van der Waals surface area contributed by atoms with Crippen LogP contribution in [0.15, 0.2) is 29.2 Å². The Bertz CT molecular complexity index is 326. The van der Waals surface area contributed by atoms with Crippen molar-refractivity contribution in [2.45, 2.75) is 4.90 Å². The zero-order valence-electron chi connectivity index (χ0n) is 8.48. The first kappa shape index (κ1) is 11.1. The lowest BCUT2D eigenvalue weighted by atomic mass is 10.2. The van der Waals surface area contributed by atoms with Crippen LogP contribution in [0, 0.1) is 0 Å². The second-order valence-electron chi connectivity index (χ2n) is 2.92. The average molecular weight is 211 g/mol. The number of esters is 1. The topological polar surface area (TPSA) is 29.5 Å². The van der Waals surface area contributed by atoms with Crippen molar-refractivity contribution < 1.29 is 9.53 Å². The highest BCUT2D eigenvalue weighted by atomic mass is 32.2. The first-order valence-corrected chi connectivity index (χ1v) is 4.94. The summed E-state index contributed by atoms with van der Waals surface area (Å²) in [5.41, 5.74) is 0.583. The second-order valence-corrected chi connectivity index (χ2v) is 4.31. The minimum absolute atomic E-state index is 0.300. The monoisotopic (exact) mass is 211 g/mol. The Labute approximate surface area is 88.2 Å². The van der Waals surface area contributed by atoms with Gasteiger partial charge in [-0.15, -0.1) is 0 Å². The highest BCUT2D eigenvalue weighted by Crippen LogP contribution is 2.20. The minimum atomic E-state index is -0.300. The zero-order chi connectivity index (χ0) is 10.6. The Morgan fingerprint density at radius 2 is 2.14 bits per heavy atom. The fourth-order valence-electron chi connectivity index (χ4n) is 1.01. The van der Waals surface area contributed by atoms with Crippen molar-refractivity contribution in [3.05, 3.63) is 29.8 Å². The van der Waals surface area contributed by atoms with E-state index < -0.39 is 0 Å². The molecule has 0 radical (unpaired) electrons. The first-order chi connectivity index (χ1) is 6.63. The average Bonchev–Trinajstić information content (AvgIpc) is 2.16. The molecule has 0 aliphatic rings. The molecular weight excluding hydrogens is 198 g/mol. The number of carbonyl (C=O) groups is 1. The van der Waals surface area contributed by atoms with Crippen molar-refractivity contribution in [2.75, 3.05) is 21.2 Å². The van der Waals surface area contributed by atoms with Gasteiger partial charge in [0.05, 0.1) is 12.7 Å². The van der Waals surface area contributed by atoms with E-state index in [9.17, 15) is 4.79 Å². The predicted molar refractivity (Wildman–Crippen MR) is 57.3 cm³/mol. The Kier molecular flexibility index (Phi) is 3.98. The van der Waals surface area contributed by atoms with Crippen LogP contribution in [0.5, 0.6) is 0 Å². The van der Waals surface area contributed by atoms with E-state index in [2.05, 4.69) is 4.74 Å². The van der Waals surface area contributed by atoms with E-state index in [0.717, 1.165) is 4.90 Å². The molecule has 76 valence electrons. The Hall–Kier alpha value is -1.00. The molecule has 0 aliphatic carbocycles. The number of hydrogen-bond donors (Lipinski definition) is 0. The highest BCUT2D eigenvalue weighted by Gasteiger charge is 2.05. The van der Waals surface area contributed by atoms with Crippen molar-refractivity contribution in [1.82, 2.24) is 4.31 Å². The summed E-state index contributed by atoms with van der Waals surface area (Å²) in [6.45, 7) is 0. The van der Waals surface area contributed by atoms with Crippen LogP contribution in [0.3, 0.4) is 0 Å². The molecule has 0 unspecified atom stereocenters. The van der Waals surface area contributed by atoms with Gasteiger partial charge in [-0.2, -0.15) is 0 Å². The molecule has 0 saturated heterocycles. The van der Waals surface area contributed by atoms with Crippen LogP contribution in [0.1, 0.15) is 10.4 Å². The Balaban J connectivity index is 2.84. The van der Waals surface area contributed by atoms with Crippen LogP contribution in [0.4, 0.5) is 0 Å². The van der Waals surface area contributed by atoms with E-state index in [1.807, 2.05) is 36.6 Å². The van der Waals surface area contributed by atoms with E-state index >= 15 is 0 Å². The molecule has 3 nitrogen and oxygen atoms in total. The lowest BCUT2D eigenvalue weighted by Crippen LogP contribution is -2.02. The van der Waals surface area contributed by atoms with Crippen LogP contribution >= 0.6 is 11.9 Å². The lowest BCUT2D eigenvalue weighted by Gasteiger charge is -2.08. The number of benzene rings is 1. The summed E-state index contributed by atoms with van der Waals surface area (Å²) < 4.78 is 6.60. The maximum atomic E-state index is 11.2. The Morgan fingerprint density at radius 1 is 1.43 bits per heavy atom. The van der Waals surface area contributed by atoms with Crippen molar-refractivity contribution in [1.29, 1.82) is 0 Å². The van der Waals surface area contributed by atoms with Crippen molar-refractivity contribution >= 4 is 17.9 Å². The van der Waals surface area contributed by atoms with Crippen molar-refractivity contribution in [3.63, 3.8) is 0 Å². The molecule has 14 heavy (non-hydrogen) atoms. The van der Waals surface area contributed by atoms with Crippen LogP contribution in [-0.2, 0) is 4.74 Å². The number of rotatable bonds is 3. The summed E-state index contributed by atoms with van der Waals surface area (Å²) in [6.07, 6.45) is 0. The van der Waals surface area contributed by atoms with Gasteiger partial charge in [-0.1, -0.05) is 6.07 Å². The highest BCUT2D eigenvalue weighted by molar-refractivity contribution is 7.97. The van der Waals surface area contributed by atoms with E-state index in [1.54, 1.807) is 18.0 Å².